The SMILES string of the molecule is Cl.OCCCSCCNCc1cc(Br)cs1. The van der Waals surface area contributed by atoms with E-state index in [1.165, 1.54) is 9.35 Å². The maximum absolute atomic E-state index is 8.59. The van der Waals surface area contributed by atoms with Gasteiger partial charge in [-0.2, -0.15) is 11.8 Å². The number of hydrogen-bond acceptors (Lipinski definition) is 4. The van der Waals surface area contributed by atoms with Gasteiger partial charge in [-0.3, -0.25) is 0 Å². The Labute approximate surface area is 120 Å². The molecule has 1 heterocycles. The molecule has 0 unspecified atom stereocenters. The summed E-state index contributed by atoms with van der Waals surface area (Å²) in [6.45, 7) is 2.30. The summed E-state index contributed by atoms with van der Waals surface area (Å²) < 4.78 is 1.17. The van der Waals surface area contributed by atoms with Gasteiger partial charge in [-0.1, -0.05) is 0 Å². The van der Waals surface area contributed by atoms with Crippen LogP contribution in [-0.4, -0.2) is 29.8 Å². The molecule has 0 bridgehead atoms. The highest BCUT2D eigenvalue weighted by atomic mass is 79.9. The molecule has 94 valence electrons. The van der Waals surface area contributed by atoms with Gasteiger partial charge in [0.2, 0.25) is 0 Å². The van der Waals surface area contributed by atoms with Crippen LogP contribution < -0.4 is 5.32 Å². The average molecular weight is 347 g/mol. The molecule has 1 rings (SSSR count). The van der Waals surface area contributed by atoms with Crippen LogP contribution in [0.25, 0.3) is 0 Å². The molecule has 0 aliphatic rings. The molecule has 0 fully saturated rings. The minimum Gasteiger partial charge on any atom is -0.396 e. The lowest BCUT2D eigenvalue weighted by atomic mass is 10.4. The maximum Gasteiger partial charge on any atom is 0.0438 e. The van der Waals surface area contributed by atoms with E-state index >= 15 is 0 Å². The number of aliphatic hydroxyl groups excluding tert-OH is 1. The predicted octanol–water partition coefficient (Wildman–Crippen LogP) is 3.14. The lowest BCUT2D eigenvalue weighted by Gasteiger charge is -2.02. The van der Waals surface area contributed by atoms with Crippen LogP contribution in [0.5, 0.6) is 0 Å². The Kier molecular flexibility index (Phi) is 11.4. The van der Waals surface area contributed by atoms with Gasteiger partial charge in [-0.05, 0) is 34.2 Å². The first kappa shape index (κ1) is 16.7. The van der Waals surface area contributed by atoms with E-state index in [0.717, 1.165) is 31.0 Å². The number of nitrogens with one attached hydrogen (secondary N) is 1. The second-order valence-electron chi connectivity index (χ2n) is 3.10. The third-order valence-electron chi connectivity index (χ3n) is 1.79. The summed E-state index contributed by atoms with van der Waals surface area (Å²) in [6, 6.07) is 2.15. The fourth-order valence-electron chi connectivity index (χ4n) is 1.07. The fourth-order valence-corrected chi connectivity index (χ4v) is 3.32. The van der Waals surface area contributed by atoms with Gasteiger partial charge in [0.05, 0.1) is 0 Å². The molecular weight excluding hydrogens is 330 g/mol. The van der Waals surface area contributed by atoms with Crippen molar-refractivity contribution in [1.82, 2.24) is 5.32 Å². The van der Waals surface area contributed by atoms with E-state index < -0.39 is 0 Å². The normalized spacial score (nSPS) is 10.1. The summed E-state index contributed by atoms with van der Waals surface area (Å²) in [7, 11) is 0. The predicted molar refractivity (Wildman–Crippen MR) is 80.0 cm³/mol. The molecule has 1 aromatic rings. The van der Waals surface area contributed by atoms with E-state index in [0.29, 0.717) is 6.61 Å². The van der Waals surface area contributed by atoms with Gasteiger partial charge >= 0.3 is 0 Å². The third-order valence-corrected chi connectivity index (χ3v) is 4.56. The Morgan fingerprint density at radius 2 is 2.25 bits per heavy atom. The molecule has 0 saturated heterocycles. The molecule has 0 spiro atoms. The Bertz CT molecular complexity index is 273. The van der Waals surface area contributed by atoms with Gasteiger partial charge in [-0.25, -0.2) is 0 Å². The number of aliphatic hydroxyl groups is 1. The number of thioether (sulfide) groups is 1. The highest BCUT2D eigenvalue weighted by molar-refractivity contribution is 9.10. The van der Waals surface area contributed by atoms with E-state index in [9.17, 15) is 0 Å². The zero-order valence-corrected chi connectivity index (χ0v) is 13.0. The van der Waals surface area contributed by atoms with Crippen molar-refractivity contribution in [2.45, 2.75) is 13.0 Å². The first-order valence-electron chi connectivity index (χ1n) is 4.95. The van der Waals surface area contributed by atoms with Crippen molar-refractivity contribution in [3.63, 3.8) is 0 Å². The monoisotopic (exact) mass is 345 g/mol. The van der Waals surface area contributed by atoms with Crippen molar-refractivity contribution in [2.75, 3.05) is 24.7 Å². The van der Waals surface area contributed by atoms with Crippen LogP contribution in [0.3, 0.4) is 0 Å². The van der Waals surface area contributed by atoms with Crippen LogP contribution in [0.2, 0.25) is 0 Å². The van der Waals surface area contributed by atoms with Crippen LogP contribution in [0.4, 0.5) is 0 Å². The number of halogens is 2. The topological polar surface area (TPSA) is 32.3 Å². The summed E-state index contributed by atoms with van der Waals surface area (Å²) in [5, 5.41) is 14.1. The van der Waals surface area contributed by atoms with Crippen LogP contribution in [0.1, 0.15) is 11.3 Å². The minimum absolute atomic E-state index is 0. The molecule has 6 heteroatoms. The van der Waals surface area contributed by atoms with Gasteiger partial charge in [-0.15, -0.1) is 23.7 Å². The van der Waals surface area contributed by atoms with Gasteiger partial charge in [0, 0.05) is 40.2 Å². The summed E-state index contributed by atoms with van der Waals surface area (Å²) in [5.41, 5.74) is 0. The Morgan fingerprint density at radius 1 is 1.44 bits per heavy atom. The summed E-state index contributed by atoms with van der Waals surface area (Å²) in [4.78, 5) is 1.36. The lowest BCUT2D eigenvalue weighted by molar-refractivity contribution is 0.296. The molecule has 0 amide bonds. The standard InChI is InChI=1S/C10H16BrNOS2.ClH/c11-9-6-10(15-8-9)7-12-2-5-14-4-1-3-13;/h6,8,12-13H,1-5,7H2;1H. The first-order chi connectivity index (χ1) is 7.33. The number of rotatable bonds is 8. The molecule has 0 saturated carbocycles. The van der Waals surface area contributed by atoms with Crippen molar-refractivity contribution >= 4 is 51.4 Å². The van der Waals surface area contributed by atoms with E-state index in [4.69, 9.17) is 5.11 Å². The van der Waals surface area contributed by atoms with E-state index in [2.05, 4.69) is 32.7 Å². The van der Waals surface area contributed by atoms with Crippen molar-refractivity contribution < 1.29 is 5.11 Å². The van der Waals surface area contributed by atoms with E-state index in [-0.39, 0.29) is 12.4 Å². The zero-order valence-electron chi connectivity index (χ0n) is 8.95. The Balaban J connectivity index is 0.00000225. The third kappa shape index (κ3) is 7.92. The summed E-state index contributed by atoms with van der Waals surface area (Å²) >= 11 is 7.10. The second-order valence-corrected chi connectivity index (χ2v) is 6.23. The number of thiophene rings is 1. The molecule has 0 aliphatic heterocycles. The van der Waals surface area contributed by atoms with Crippen molar-refractivity contribution in [1.29, 1.82) is 0 Å². The van der Waals surface area contributed by atoms with Gasteiger partial charge in [0.1, 0.15) is 0 Å². The second kappa shape index (κ2) is 10.9. The van der Waals surface area contributed by atoms with Crippen molar-refractivity contribution in [2.24, 2.45) is 0 Å². The minimum atomic E-state index is 0. The van der Waals surface area contributed by atoms with Crippen LogP contribution >= 0.6 is 51.4 Å². The van der Waals surface area contributed by atoms with Crippen LogP contribution in [0, 0.1) is 0 Å². The van der Waals surface area contributed by atoms with E-state index in [1.54, 1.807) is 11.3 Å². The van der Waals surface area contributed by atoms with E-state index in [1.807, 2.05) is 11.8 Å². The van der Waals surface area contributed by atoms with Crippen molar-refractivity contribution in [3.05, 3.63) is 20.8 Å². The van der Waals surface area contributed by atoms with Crippen molar-refractivity contribution in [3.8, 4) is 0 Å². The van der Waals surface area contributed by atoms with Gasteiger partial charge < -0.3 is 10.4 Å². The zero-order chi connectivity index (χ0) is 10.9. The molecule has 2 nitrogen and oxygen atoms in total. The molecule has 0 aliphatic carbocycles. The average Bonchev–Trinajstić information content (AvgIpc) is 2.63. The van der Waals surface area contributed by atoms with Crippen LogP contribution in [0.15, 0.2) is 15.9 Å². The largest absolute Gasteiger partial charge is 0.396 e. The molecule has 1 aromatic heterocycles. The molecule has 16 heavy (non-hydrogen) atoms. The highest BCUT2D eigenvalue weighted by Crippen LogP contribution is 2.19. The first-order valence-corrected chi connectivity index (χ1v) is 7.78. The summed E-state index contributed by atoms with van der Waals surface area (Å²) in [5.74, 6) is 2.18. The number of hydrogen-bond donors (Lipinski definition) is 2. The summed E-state index contributed by atoms with van der Waals surface area (Å²) in [6.07, 6.45) is 0.905. The molecule has 2 N–H and O–H groups in total. The lowest BCUT2D eigenvalue weighted by Crippen LogP contribution is -2.15. The smallest absolute Gasteiger partial charge is 0.0438 e. The fraction of sp³-hybridized carbons (Fsp3) is 0.600. The Hall–Kier alpha value is 0.740. The highest BCUT2D eigenvalue weighted by Gasteiger charge is 1.96. The molecular formula is C10H17BrClNOS2. The van der Waals surface area contributed by atoms with Gasteiger partial charge in [0.15, 0.2) is 0 Å². The van der Waals surface area contributed by atoms with Crippen LogP contribution in [-0.2, 0) is 6.54 Å². The molecule has 0 atom stereocenters. The molecule has 0 radical (unpaired) electrons. The van der Waals surface area contributed by atoms with Gasteiger partial charge in [0.25, 0.3) is 0 Å². The Morgan fingerprint density at radius 3 is 2.88 bits per heavy atom. The maximum atomic E-state index is 8.59. The molecule has 0 aromatic carbocycles. The quantitative estimate of drug-likeness (QED) is 0.709.